The van der Waals surface area contributed by atoms with Crippen LogP contribution >= 0.6 is 12.6 Å². The molecular formula is C7H18N2O5S2. The first-order chi connectivity index (χ1) is 7.12. The molecular weight excluding hydrogens is 256 g/mol. The first-order valence-electron chi connectivity index (χ1n) is 4.45. The van der Waals surface area contributed by atoms with E-state index in [1.807, 2.05) is 0 Å². The summed E-state index contributed by atoms with van der Waals surface area (Å²) in [6, 6.07) is -0.742. The lowest BCUT2D eigenvalue weighted by atomic mass is 10.2. The molecule has 0 rings (SSSR count). The summed E-state index contributed by atoms with van der Waals surface area (Å²) in [5, 5.41) is 8.24. The second-order valence-electron chi connectivity index (χ2n) is 2.99. The summed E-state index contributed by atoms with van der Waals surface area (Å²) in [5.41, 5.74) is 10.3. The molecule has 6 N–H and O–H groups in total. The topological polar surface area (TPSA) is 144 Å². The van der Waals surface area contributed by atoms with Gasteiger partial charge in [-0.05, 0) is 26.3 Å². The first kappa shape index (κ1) is 18.0. The fraction of sp³-hybridized carbons (Fsp3) is 0.857. The Labute approximate surface area is 100 Å². The van der Waals surface area contributed by atoms with Crippen LogP contribution < -0.4 is 11.5 Å². The van der Waals surface area contributed by atoms with Crippen LogP contribution in [0.4, 0.5) is 0 Å². The number of nitrogens with two attached hydrogens (primary N) is 2. The first-order valence-corrected chi connectivity index (χ1v) is 6.47. The molecule has 16 heavy (non-hydrogen) atoms. The number of aliphatic carboxylic acids is 1. The molecule has 0 saturated heterocycles. The lowest BCUT2D eigenvalue weighted by molar-refractivity contribution is -0.138. The van der Waals surface area contributed by atoms with Gasteiger partial charge in [0.1, 0.15) is 10.6 Å². The van der Waals surface area contributed by atoms with Crippen molar-refractivity contribution >= 4 is 28.7 Å². The van der Waals surface area contributed by atoms with Crippen molar-refractivity contribution in [1.82, 2.24) is 0 Å². The average molecular weight is 274 g/mol. The van der Waals surface area contributed by atoms with E-state index in [1.54, 1.807) is 0 Å². The van der Waals surface area contributed by atoms with Gasteiger partial charge in [0, 0.05) is 0 Å². The van der Waals surface area contributed by atoms with E-state index in [0.29, 0.717) is 19.4 Å². The normalized spacial score (nSPS) is 14.6. The van der Waals surface area contributed by atoms with Gasteiger partial charge in [0.25, 0.3) is 10.1 Å². The second-order valence-corrected chi connectivity index (χ2v) is 5.85. The van der Waals surface area contributed by atoms with Crippen LogP contribution in [0.2, 0.25) is 0 Å². The number of hydrogen-bond acceptors (Lipinski definition) is 6. The summed E-state index contributed by atoms with van der Waals surface area (Å²) in [6.45, 7) is 1.78. The SMILES string of the molecule is CC(S)S(=O)(=O)O.NCCC[C@H](N)C(=O)O. The van der Waals surface area contributed by atoms with E-state index in [-0.39, 0.29) is 0 Å². The number of carbonyl (C=O) groups is 1. The summed E-state index contributed by atoms with van der Waals surface area (Å²) in [6.07, 6.45) is 1.14. The molecule has 0 amide bonds. The predicted octanol–water partition coefficient (Wildman–Crippen LogP) is -0.713. The van der Waals surface area contributed by atoms with Crippen LogP contribution in [0.15, 0.2) is 0 Å². The number of carboxylic acids is 1. The molecule has 0 spiro atoms. The van der Waals surface area contributed by atoms with Crippen molar-refractivity contribution in [1.29, 1.82) is 0 Å². The van der Waals surface area contributed by atoms with Crippen molar-refractivity contribution in [3.8, 4) is 0 Å². The van der Waals surface area contributed by atoms with Crippen molar-refractivity contribution in [3.63, 3.8) is 0 Å². The molecule has 1 unspecified atom stereocenters. The van der Waals surface area contributed by atoms with Crippen LogP contribution in [0, 0.1) is 0 Å². The molecule has 0 aromatic heterocycles. The van der Waals surface area contributed by atoms with E-state index in [2.05, 4.69) is 12.6 Å². The minimum atomic E-state index is -3.88. The van der Waals surface area contributed by atoms with Gasteiger partial charge >= 0.3 is 5.97 Å². The lowest BCUT2D eigenvalue weighted by Gasteiger charge is -2.02. The molecule has 98 valence electrons. The van der Waals surface area contributed by atoms with Gasteiger partial charge in [0.05, 0.1) is 0 Å². The minimum Gasteiger partial charge on any atom is -0.480 e. The van der Waals surface area contributed by atoms with Crippen molar-refractivity contribution in [2.75, 3.05) is 6.54 Å². The lowest BCUT2D eigenvalue weighted by Crippen LogP contribution is -2.30. The Kier molecular flexibility index (Phi) is 9.87. The predicted molar refractivity (Wildman–Crippen MR) is 63.9 cm³/mol. The summed E-state index contributed by atoms with van der Waals surface area (Å²) in [5.74, 6) is -0.955. The summed E-state index contributed by atoms with van der Waals surface area (Å²) < 4.78 is 26.6. The van der Waals surface area contributed by atoms with Crippen LogP contribution in [0.1, 0.15) is 19.8 Å². The Bertz CT molecular complexity index is 291. The molecule has 0 bridgehead atoms. The van der Waals surface area contributed by atoms with Crippen LogP contribution in [-0.4, -0.2) is 41.2 Å². The highest BCUT2D eigenvalue weighted by Crippen LogP contribution is 1.99. The third kappa shape index (κ3) is 11.7. The van der Waals surface area contributed by atoms with E-state index in [1.165, 1.54) is 6.92 Å². The molecule has 0 heterocycles. The monoisotopic (exact) mass is 274 g/mol. The average Bonchev–Trinajstić information content (AvgIpc) is 2.13. The van der Waals surface area contributed by atoms with E-state index < -0.39 is 26.7 Å². The Morgan fingerprint density at radius 3 is 2.06 bits per heavy atom. The maximum absolute atomic E-state index is 10.0. The van der Waals surface area contributed by atoms with Gasteiger partial charge in [0.15, 0.2) is 0 Å². The molecule has 2 atom stereocenters. The van der Waals surface area contributed by atoms with Crippen LogP contribution in [0.3, 0.4) is 0 Å². The largest absolute Gasteiger partial charge is 0.480 e. The zero-order chi connectivity index (χ0) is 13.4. The molecule has 0 saturated carbocycles. The molecule has 0 aromatic rings. The molecule has 0 radical (unpaired) electrons. The van der Waals surface area contributed by atoms with Gasteiger partial charge < -0.3 is 16.6 Å². The number of carboxylic acid groups (broad SMARTS) is 1. The highest BCUT2D eigenvalue weighted by molar-refractivity contribution is 8.01. The summed E-state index contributed by atoms with van der Waals surface area (Å²) >= 11 is 3.44. The zero-order valence-corrected chi connectivity index (χ0v) is 10.6. The summed E-state index contributed by atoms with van der Waals surface area (Å²) in [4.78, 5) is 10.0. The number of thiol groups is 1. The Morgan fingerprint density at radius 1 is 1.50 bits per heavy atom. The van der Waals surface area contributed by atoms with E-state index in [9.17, 15) is 13.2 Å². The smallest absolute Gasteiger partial charge is 0.320 e. The standard InChI is InChI=1S/C5H12N2O2.C2H6O3S2/c6-3-1-2-4(7)5(8)9;1-2(6)7(3,4)5/h4H,1-3,6-7H2,(H,8,9);2,6H,1H3,(H,3,4,5)/t4-;/m0./s1. The molecule has 0 fully saturated rings. The van der Waals surface area contributed by atoms with E-state index >= 15 is 0 Å². The highest BCUT2D eigenvalue weighted by Gasteiger charge is 2.09. The van der Waals surface area contributed by atoms with Gasteiger partial charge in [-0.15, -0.1) is 0 Å². The quantitative estimate of drug-likeness (QED) is 0.329. The van der Waals surface area contributed by atoms with Gasteiger partial charge in [-0.25, -0.2) is 0 Å². The molecule has 7 nitrogen and oxygen atoms in total. The van der Waals surface area contributed by atoms with Gasteiger partial charge in [-0.1, -0.05) is 0 Å². The highest BCUT2D eigenvalue weighted by atomic mass is 32.3. The molecule has 0 aromatic carbocycles. The number of hydrogen-bond donors (Lipinski definition) is 5. The van der Waals surface area contributed by atoms with Crippen molar-refractivity contribution in [2.24, 2.45) is 11.5 Å². The maximum atomic E-state index is 10.0. The van der Waals surface area contributed by atoms with Gasteiger partial charge in [-0.3, -0.25) is 9.35 Å². The number of rotatable bonds is 5. The van der Waals surface area contributed by atoms with Crippen molar-refractivity contribution in [3.05, 3.63) is 0 Å². The third-order valence-corrected chi connectivity index (χ3v) is 3.13. The van der Waals surface area contributed by atoms with Crippen molar-refractivity contribution in [2.45, 2.75) is 30.4 Å². The Morgan fingerprint density at radius 2 is 1.88 bits per heavy atom. The Balaban J connectivity index is 0. The zero-order valence-electron chi connectivity index (χ0n) is 8.91. The molecule has 0 aliphatic heterocycles. The molecule has 9 heteroatoms. The minimum absolute atomic E-state index is 0.464. The van der Waals surface area contributed by atoms with Gasteiger partial charge in [0.2, 0.25) is 0 Å². The summed E-state index contributed by atoms with van der Waals surface area (Å²) in [7, 11) is -3.88. The van der Waals surface area contributed by atoms with E-state index in [4.69, 9.17) is 21.1 Å². The molecule has 0 aliphatic rings. The third-order valence-electron chi connectivity index (χ3n) is 1.47. The Hall–Kier alpha value is -0.350. The van der Waals surface area contributed by atoms with Gasteiger partial charge in [-0.2, -0.15) is 21.0 Å². The molecule has 0 aliphatic carbocycles. The van der Waals surface area contributed by atoms with Crippen LogP contribution in [-0.2, 0) is 14.9 Å². The van der Waals surface area contributed by atoms with Crippen molar-refractivity contribution < 1.29 is 22.9 Å². The fourth-order valence-corrected chi connectivity index (χ4v) is 0.461. The second kappa shape index (κ2) is 8.76. The van der Waals surface area contributed by atoms with E-state index in [0.717, 1.165) is 0 Å². The maximum Gasteiger partial charge on any atom is 0.320 e. The van der Waals surface area contributed by atoms with Crippen LogP contribution in [0.25, 0.3) is 0 Å². The fourth-order valence-electron chi connectivity index (χ4n) is 0.461. The van der Waals surface area contributed by atoms with Crippen LogP contribution in [0.5, 0.6) is 0 Å².